The molecule has 0 bridgehead atoms. The van der Waals surface area contributed by atoms with Crippen LogP contribution in [0.15, 0.2) is 48.5 Å². The topological polar surface area (TPSA) is 49.4 Å². The van der Waals surface area contributed by atoms with E-state index in [1.807, 2.05) is 36.4 Å². The molecule has 4 nitrogen and oxygen atoms in total. The monoisotopic (exact) mass is 318 g/mol. The number of hydrogen-bond donors (Lipinski definition) is 1. The van der Waals surface area contributed by atoms with Crippen LogP contribution in [0.1, 0.15) is 24.0 Å². The van der Waals surface area contributed by atoms with Gasteiger partial charge < -0.3 is 10.2 Å². The Morgan fingerprint density at radius 2 is 2.00 bits per heavy atom. The van der Waals surface area contributed by atoms with Crippen molar-refractivity contribution in [3.8, 4) is 12.3 Å². The molecular weight excluding hydrogens is 300 g/mol. The molecule has 4 heteroatoms. The van der Waals surface area contributed by atoms with E-state index in [4.69, 9.17) is 6.42 Å². The molecule has 2 amide bonds. The fourth-order valence-electron chi connectivity index (χ4n) is 2.79. The number of amides is 2. The van der Waals surface area contributed by atoms with Crippen molar-refractivity contribution in [2.75, 3.05) is 16.8 Å². The smallest absolute Gasteiger partial charge is 0.228 e. The number of rotatable bonds is 4. The van der Waals surface area contributed by atoms with Crippen molar-refractivity contribution in [3.63, 3.8) is 0 Å². The van der Waals surface area contributed by atoms with Crippen LogP contribution < -0.4 is 10.2 Å². The number of hydrogen-bond acceptors (Lipinski definition) is 2. The van der Waals surface area contributed by atoms with Gasteiger partial charge in [0.2, 0.25) is 11.8 Å². The Hall–Kier alpha value is -3.06. The van der Waals surface area contributed by atoms with Gasteiger partial charge in [-0.15, -0.1) is 6.42 Å². The zero-order chi connectivity index (χ0) is 16.9. The van der Waals surface area contributed by atoms with Gasteiger partial charge in [-0.25, -0.2) is 0 Å². The first-order valence-electron chi connectivity index (χ1n) is 7.91. The van der Waals surface area contributed by atoms with E-state index in [9.17, 15) is 9.59 Å². The van der Waals surface area contributed by atoms with Gasteiger partial charge in [-0.3, -0.25) is 9.59 Å². The summed E-state index contributed by atoms with van der Waals surface area (Å²) >= 11 is 0. The summed E-state index contributed by atoms with van der Waals surface area (Å²) in [5.74, 6) is 2.60. The van der Waals surface area contributed by atoms with Crippen LogP contribution in [0.3, 0.4) is 0 Å². The Morgan fingerprint density at radius 1 is 1.21 bits per heavy atom. The molecule has 1 N–H and O–H groups in total. The highest BCUT2D eigenvalue weighted by atomic mass is 16.2. The average Bonchev–Trinajstić information content (AvgIpc) is 3.01. The van der Waals surface area contributed by atoms with Gasteiger partial charge in [0.1, 0.15) is 0 Å². The number of carbonyl (C=O) groups is 2. The predicted octanol–water partition coefficient (Wildman–Crippen LogP) is 2.98. The van der Waals surface area contributed by atoms with Crippen LogP contribution in [-0.4, -0.2) is 18.4 Å². The van der Waals surface area contributed by atoms with Gasteiger partial charge in [-0.05, 0) is 42.3 Å². The molecule has 1 aliphatic heterocycles. The second kappa shape index (κ2) is 7.01. The molecule has 1 aliphatic rings. The van der Waals surface area contributed by atoms with Crippen LogP contribution in [0.5, 0.6) is 0 Å². The number of nitrogens with one attached hydrogen (secondary N) is 1. The Bertz CT molecular complexity index is 803. The van der Waals surface area contributed by atoms with Crippen LogP contribution in [0.2, 0.25) is 0 Å². The summed E-state index contributed by atoms with van der Waals surface area (Å²) in [7, 11) is 0. The largest absolute Gasteiger partial charge is 0.326 e. The van der Waals surface area contributed by atoms with E-state index in [-0.39, 0.29) is 18.2 Å². The molecule has 1 heterocycles. The molecule has 0 atom stereocenters. The lowest BCUT2D eigenvalue weighted by Crippen LogP contribution is -2.23. The molecule has 0 saturated carbocycles. The lowest BCUT2D eigenvalue weighted by Gasteiger charge is -2.15. The van der Waals surface area contributed by atoms with Crippen molar-refractivity contribution >= 4 is 23.2 Å². The van der Waals surface area contributed by atoms with Crippen molar-refractivity contribution in [2.24, 2.45) is 0 Å². The maximum Gasteiger partial charge on any atom is 0.228 e. The summed E-state index contributed by atoms with van der Waals surface area (Å²) in [5.41, 5.74) is 3.21. The third-order valence-corrected chi connectivity index (χ3v) is 4.00. The molecule has 1 saturated heterocycles. The summed E-state index contributed by atoms with van der Waals surface area (Å²) < 4.78 is 0. The van der Waals surface area contributed by atoms with Crippen molar-refractivity contribution < 1.29 is 9.59 Å². The fourth-order valence-corrected chi connectivity index (χ4v) is 2.79. The van der Waals surface area contributed by atoms with Crippen molar-refractivity contribution in [1.29, 1.82) is 0 Å². The van der Waals surface area contributed by atoms with E-state index < -0.39 is 0 Å². The number of carbonyl (C=O) groups excluding carboxylic acids is 2. The molecule has 1 fully saturated rings. The minimum Gasteiger partial charge on any atom is -0.326 e. The van der Waals surface area contributed by atoms with Gasteiger partial charge in [0, 0.05) is 29.9 Å². The first-order valence-corrected chi connectivity index (χ1v) is 7.91. The Kier molecular flexibility index (Phi) is 4.62. The minimum atomic E-state index is -0.103. The molecule has 3 rings (SSSR count). The summed E-state index contributed by atoms with van der Waals surface area (Å²) in [6, 6.07) is 14.8. The normalized spacial score (nSPS) is 13.6. The molecule has 0 aliphatic carbocycles. The second-order valence-corrected chi connectivity index (χ2v) is 5.77. The zero-order valence-corrected chi connectivity index (χ0v) is 13.3. The van der Waals surface area contributed by atoms with Crippen LogP contribution in [-0.2, 0) is 16.0 Å². The fraction of sp³-hybridized carbons (Fsp3) is 0.200. The molecular formula is C20H18N2O2. The van der Waals surface area contributed by atoms with Gasteiger partial charge in [0.25, 0.3) is 0 Å². The van der Waals surface area contributed by atoms with Crippen molar-refractivity contribution in [2.45, 2.75) is 19.3 Å². The highest BCUT2D eigenvalue weighted by Gasteiger charge is 2.21. The standard InChI is InChI=1S/C20H18N2O2/c1-2-15-5-3-6-17(13-15)21-19(23)14-16-8-10-18(11-9-16)22-12-4-7-20(22)24/h1,3,5-6,8-11,13H,4,7,12,14H2,(H,21,23). The lowest BCUT2D eigenvalue weighted by atomic mass is 10.1. The highest BCUT2D eigenvalue weighted by molar-refractivity contribution is 5.95. The molecule has 120 valence electrons. The first-order chi connectivity index (χ1) is 11.7. The Balaban J connectivity index is 1.62. The minimum absolute atomic E-state index is 0.103. The van der Waals surface area contributed by atoms with Crippen molar-refractivity contribution in [1.82, 2.24) is 0 Å². The predicted molar refractivity (Wildman–Crippen MR) is 94.7 cm³/mol. The average molecular weight is 318 g/mol. The van der Waals surface area contributed by atoms with Gasteiger partial charge in [-0.2, -0.15) is 0 Å². The van der Waals surface area contributed by atoms with E-state index in [2.05, 4.69) is 11.2 Å². The van der Waals surface area contributed by atoms with E-state index in [0.717, 1.165) is 29.8 Å². The van der Waals surface area contributed by atoms with E-state index in [1.54, 1.807) is 17.0 Å². The van der Waals surface area contributed by atoms with Crippen LogP contribution in [0.25, 0.3) is 0 Å². The quantitative estimate of drug-likeness (QED) is 0.881. The van der Waals surface area contributed by atoms with Gasteiger partial charge in [-0.1, -0.05) is 24.1 Å². The molecule has 0 spiro atoms. The molecule has 0 aromatic heterocycles. The lowest BCUT2D eigenvalue weighted by molar-refractivity contribution is -0.117. The Labute approximate surface area is 141 Å². The third-order valence-electron chi connectivity index (χ3n) is 4.00. The number of nitrogens with zero attached hydrogens (tertiary/aromatic N) is 1. The molecule has 0 radical (unpaired) electrons. The van der Waals surface area contributed by atoms with Crippen molar-refractivity contribution in [3.05, 3.63) is 59.7 Å². The molecule has 2 aromatic rings. The van der Waals surface area contributed by atoms with Gasteiger partial charge in [0.15, 0.2) is 0 Å². The Morgan fingerprint density at radius 3 is 2.67 bits per heavy atom. The highest BCUT2D eigenvalue weighted by Crippen LogP contribution is 2.21. The van der Waals surface area contributed by atoms with E-state index in [0.29, 0.717) is 12.1 Å². The second-order valence-electron chi connectivity index (χ2n) is 5.77. The first kappa shape index (κ1) is 15.8. The molecule has 2 aromatic carbocycles. The van der Waals surface area contributed by atoms with Gasteiger partial charge >= 0.3 is 0 Å². The molecule has 0 unspecified atom stereocenters. The summed E-state index contributed by atoms with van der Waals surface area (Å²) in [6.07, 6.45) is 7.14. The number of benzene rings is 2. The summed E-state index contributed by atoms with van der Waals surface area (Å²) in [4.78, 5) is 25.7. The maximum absolute atomic E-state index is 12.1. The van der Waals surface area contributed by atoms with E-state index >= 15 is 0 Å². The van der Waals surface area contributed by atoms with Crippen LogP contribution in [0, 0.1) is 12.3 Å². The number of terminal acetylenes is 1. The summed E-state index contributed by atoms with van der Waals surface area (Å²) in [6.45, 7) is 0.768. The SMILES string of the molecule is C#Cc1cccc(NC(=O)Cc2ccc(N3CCCC3=O)cc2)c1. The maximum atomic E-state index is 12.1. The zero-order valence-electron chi connectivity index (χ0n) is 13.3. The van der Waals surface area contributed by atoms with Crippen LogP contribution >= 0.6 is 0 Å². The summed E-state index contributed by atoms with van der Waals surface area (Å²) in [5, 5.41) is 2.84. The third kappa shape index (κ3) is 3.64. The van der Waals surface area contributed by atoms with Gasteiger partial charge in [0.05, 0.1) is 6.42 Å². The molecule has 24 heavy (non-hydrogen) atoms. The number of anilines is 2. The van der Waals surface area contributed by atoms with E-state index in [1.165, 1.54) is 0 Å². The van der Waals surface area contributed by atoms with Crippen LogP contribution in [0.4, 0.5) is 11.4 Å².